The molecule has 0 saturated heterocycles. The summed E-state index contributed by atoms with van der Waals surface area (Å²) in [5.74, 6) is 0. The highest BCUT2D eigenvalue weighted by atomic mass is 16.5. The van der Waals surface area contributed by atoms with E-state index in [2.05, 4.69) is 12.0 Å². The molecule has 0 fully saturated rings. The van der Waals surface area contributed by atoms with Crippen LogP contribution in [0.1, 0.15) is 31.9 Å². The van der Waals surface area contributed by atoms with E-state index in [-0.39, 0.29) is 0 Å². The number of aliphatic hydroxyl groups excluding tert-OH is 1. The molecule has 1 unspecified atom stereocenters. The Morgan fingerprint density at radius 1 is 1.57 bits per heavy atom. The molecule has 1 rings (SSSR count). The van der Waals surface area contributed by atoms with Gasteiger partial charge in [-0.3, -0.25) is 4.68 Å². The van der Waals surface area contributed by atoms with E-state index in [0.717, 1.165) is 18.5 Å². The SMILES string of the molecule is CCCn1cc(C(O)COCC)cn1. The van der Waals surface area contributed by atoms with Crippen molar-refractivity contribution in [3.8, 4) is 0 Å². The Bertz CT molecular complexity index is 260. The number of aryl methyl sites for hydroxylation is 1. The van der Waals surface area contributed by atoms with E-state index in [1.165, 1.54) is 0 Å². The molecule has 0 aliphatic rings. The van der Waals surface area contributed by atoms with Crippen molar-refractivity contribution in [1.82, 2.24) is 9.78 Å². The molecule has 1 atom stereocenters. The molecular weight excluding hydrogens is 180 g/mol. The van der Waals surface area contributed by atoms with Crippen molar-refractivity contribution in [2.45, 2.75) is 32.9 Å². The first-order chi connectivity index (χ1) is 6.77. The van der Waals surface area contributed by atoms with Crippen LogP contribution in [0.5, 0.6) is 0 Å². The van der Waals surface area contributed by atoms with Crippen molar-refractivity contribution >= 4 is 0 Å². The molecule has 0 aliphatic carbocycles. The highest BCUT2D eigenvalue weighted by Gasteiger charge is 2.09. The summed E-state index contributed by atoms with van der Waals surface area (Å²) in [6.07, 6.45) is 4.05. The summed E-state index contributed by atoms with van der Waals surface area (Å²) < 4.78 is 6.97. The zero-order valence-electron chi connectivity index (χ0n) is 8.81. The Labute approximate surface area is 84.5 Å². The molecule has 0 saturated carbocycles. The van der Waals surface area contributed by atoms with Crippen LogP contribution in [-0.4, -0.2) is 28.1 Å². The van der Waals surface area contributed by atoms with Crippen LogP contribution in [0, 0.1) is 0 Å². The standard InChI is InChI=1S/C10H18N2O2/c1-3-5-12-7-9(6-11-12)10(13)8-14-4-2/h6-7,10,13H,3-5,8H2,1-2H3. The van der Waals surface area contributed by atoms with Crippen LogP contribution in [0.4, 0.5) is 0 Å². The summed E-state index contributed by atoms with van der Waals surface area (Å²) in [6.45, 7) is 5.86. The predicted molar refractivity (Wildman–Crippen MR) is 54.0 cm³/mol. The Balaban J connectivity index is 2.48. The molecular formula is C10H18N2O2. The summed E-state index contributed by atoms with van der Waals surface area (Å²) in [6, 6.07) is 0. The van der Waals surface area contributed by atoms with Gasteiger partial charge >= 0.3 is 0 Å². The van der Waals surface area contributed by atoms with Crippen LogP contribution < -0.4 is 0 Å². The fraction of sp³-hybridized carbons (Fsp3) is 0.700. The summed E-state index contributed by atoms with van der Waals surface area (Å²) in [4.78, 5) is 0. The first kappa shape index (κ1) is 11.2. The maximum atomic E-state index is 9.65. The van der Waals surface area contributed by atoms with Gasteiger partial charge in [0.05, 0.1) is 12.8 Å². The zero-order chi connectivity index (χ0) is 10.4. The minimum atomic E-state index is -0.555. The topological polar surface area (TPSA) is 47.3 Å². The Morgan fingerprint density at radius 2 is 2.36 bits per heavy atom. The molecule has 1 N–H and O–H groups in total. The van der Waals surface area contributed by atoms with E-state index in [1.54, 1.807) is 6.20 Å². The van der Waals surface area contributed by atoms with Gasteiger partial charge in [-0.25, -0.2) is 0 Å². The Morgan fingerprint density at radius 3 is 3.00 bits per heavy atom. The molecule has 0 spiro atoms. The quantitative estimate of drug-likeness (QED) is 0.750. The number of aromatic nitrogens is 2. The van der Waals surface area contributed by atoms with Gasteiger partial charge in [0.25, 0.3) is 0 Å². The zero-order valence-corrected chi connectivity index (χ0v) is 8.81. The molecule has 0 aliphatic heterocycles. The lowest BCUT2D eigenvalue weighted by molar-refractivity contribution is 0.0420. The summed E-state index contributed by atoms with van der Waals surface area (Å²) in [5.41, 5.74) is 0.826. The Hall–Kier alpha value is -0.870. The lowest BCUT2D eigenvalue weighted by Gasteiger charge is -2.07. The lowest BCUT2D eigenvalue weighted by atomic mass is 10.2. The van der Waals surface area contributed by atoms with Crippen molar-refractivity contribution in [2.24, 2.45) is 0 Å². The molecule has 0 radical (unpaired) electrons. The van der Waals surface area contributed by atoms with Gasteiger partial charge in [-0.2, -0.15) is 5.10 Å². The highest BCUT2D eigenvalue weighted by Crippen LogP contribution is 2.11. The van der Waals surface area contributed by atoms with Gasteiger partial charge < -0.3 is 9.84 Å². The number of nitrogens with zero attached hydrogens (tertiary/aromatic N) is 2. The molecule has 1 aromatic rings. The van der Waals surface area contributed by atoms with Gasteiger partial charge in [-0.1, -0.05) is 6.92 Å². The van der Waals surface area contributed by atoms with Crippen molar-refractivity contribution < 1.29 is 9.84 Å². The smallest absolute Gasteiger partial charge is 0.105 e. The normalized spacial score (nSPS) is 13.1. The minimum absolute atomic E-state index is 0.342. The maximum Gasteiger partial charge on any atom is 0.105 e. The number of rotatable bonds is 6. The average molecular weight is 198 g/mol. The fourth-order valence-electron chi connectivity index (χ4n) is 1.23. The molecule has 1 aromatic heterocycles. The molecule has 14 heavy (non-hydrogen) atoms. The first-order valence-electron chi connectivity index (χ1n) is 5.06. The molecule has 0 amide bonds. The molecule has 4 heteroatoms. The van der Waals surface area contributed by atoms with Crippen LogP contribution >= 0.6 is 0 Å². The van der Waals surface area contributed by atoms with E-state index < -0.39 is 6.10 Å². The van der Waals surface area contributed by atoms with E-state index >= 15 is 0 Å². The third-order valence-corrected chi connectivity index (χ3v) is 1.97. The maximum absolute atomic E-state index is 9.65. The number of hydrogen-bond donors (Lipinski definition) is 1. The van der Waals surface area contributed by atoms with Crippen molar-refractivity contribution in [2.75, 3.05) is 13.2 Å². The molecule has 0 bridgehead atoms. The number of aliphatic hydroxyl groups is 1. The lowest BCUT2D eigenvalue weighted by Crippen LogP contribution is -2.06. The van der Waals surface area contributed by atoms with Gasteiger partial charge in [0.15, 0.2) is 0 Å². The predicted octanol–water partition coefficient (Wildman–Crippen LogP) is 1.36. The van der Waals surface area contributed by atoms with Gasteiger partial charge in [0.2, 0.25) is 0 Å². The van der Waals surface area contributed by atoms with Crippen LogP contribution in [-0.2, 0) is 11.3 Å². The summed E-state index contributed by atoms with van der Waals surface area (Å²) in [5, 5.41) is 13.8. The van der Waals surface area contributed by atoms with E-state index in [4.69, 9.17) is 4.74 Å². The van der Waals surface area contributed by atoms with Crippen molar-refractivity contribution in [1.29, 1.82) is 0 Å². The average Bonchev–Trinajstić information content (AvgIpc) is 2.63. The number of ether oxygens (including phenoxy) is 1. The summed E-state index contributed by atoms with van der Waals surface area (Å²) in [7, 11) is 0. The second-order valence-electron chi connectivity index (χ2n) is 3.21. The van der Waals surface area contributed by atoms with E-state index in [1.807, 2.05) is 17.8 Å². The van der Waals surface area contributed by atoms with Gasteiger partial charge in [-0.05, 0) is 13.3 Å². The molecule has 4 nitrogen and oxygen atoms in total. The van der Waals surface area contributed by atoms with E-state index in [9.17, 15) is 5.11 Å². The second kappa shape index (κ2) is 5.78. The second-order valence-corrected chi connectivity index (χ2v) is 3.21. The van der Waals surface area contributed by atoms with Crippen molar-refractivity contribution in [3.63, 3.8) is 0 Å². The number of hydrogen-bond acceptors (Lipinski definition) is 3. The Kier molecular flexibility index (Phi) is 4.62. The van der Waals surface area contributed by atoms with Crippen LogP contribution in [0.25, 0.3) is 0 Å². The molecule has 80 valence electrons. The van der Waals surface area contributed by atoms with Crippen LogP contribution in [0.15, 0.2) is 12.4 Å². The molecule has 1 heterocycles. The van der Waals surface area contributed by atoms with Gasteiger partial charge in [0, 0.05) is 24.9 Å². The van der Waals surface area contributed by atoms with E-state index in [0.29, 0.717) is 13.2 Å². The molecule has 0 aromatic carbocycles. The largest absolute Gasteiger partial charge is 0.386 e. The monoisotopic (exact) mass is 198 g/mol. The third-order valence-electron chi connectivity index (χ3n) is 1.97. The fourth-order valence-corrected chi connectivity index (χ4v) is 1.23. The minimum Gasteiger partial charge on any atom is -0.386 e. The highest BCUT2D eigenvalue weighted by molar-refractivity contribution is 5.07. The summed E-state index contributed by atoms with van der Waals surface area (Å²) >= 11 is 0. The van der Waals surface area contributed by atoms with Crippen molar-refractivity contribution in [3.05, 3.63) is 18.0 Å². The third kappa shape index (κ3) is 3.12. The first-order valence-corrected chi connectivity index (χ1v) is 5.06. The van der Waals surface area contributed by atoms with Crippen LogP contribution in [0.2, 0.25) is 0 Å². The van der Waals surface area contributed by atoms with Gasteiger partial charge in [0.1, 0.15) is 6.10 Å². The van der Waals surface area contributed by atoms with Gasteiger partial charge in [-0.15, -0.1) is 0 Å². The van der Waals surface area contributed by atoms with Crippen LogP contribution in [0.3, 0.4) is 0 Å².